The average molecular weight is 281 g/mol. The van der Waals surface area contributed by atoms with Crippen molar-refractivity contribution >= 4 is 0 Å². The fraction of sp³-hybridized carbons (Fsp3) is 0.647. The first-order valence-corrected chi connectivity index (χ1v) is 7.72. The highest BCUT2D eigenvalue weighted by Gasteiger charge is 2.15. The van der Waals surface area contributed by atoms with Gasteiger partial charge < -0.3 is 10.1 Å². The van der Waals surface area contributed by atoms with E-state index in [2.05, 4.69) is 19.2 Å². The predicted molar refractivity (Wildman–Crippen MR) is 82.4 cm³/mol. The van der Waals surface area contributed by atoms with Gasteiger partial charge >= 0.3 is 0 Å². The minimum absolute atomic E-state index is 0.0122. The molecule has 114 valence electrons. The highest BCUT2D eigenvalue weighted by molar-refractivity contribution is 5.19. The smallest absolute Gasteiger partial charge is 0.123 e. The molecule has 0 aliphatic carbocycles. The standard InChI is InChI=1S/C17H28FNO/c1-4-5-6-7-8-14(2)20-17(13-19-3)15-9-11-16(18)12-10-15/h9-12,14,17,19H,4-8,13H2,1-3H3. The lowest BCUT2D eigenvalue weighted by molar-refractivity contribution is -0.00721. The van der Waals surface area contributed by atoms with Crippen molar-refractivity contribution in [2.24, 2.45) is 0 Å². The Kier molecular flexibility index (Phi) is 8.47. The maximum atomic E-state index is 13.0. The van der Waals surface area contributed by atoms with E-state index in [-0.39, 0.29) is 18.0 Å². The van der Waals surface area contributed by atoms with Crippen molar-refractivity contribution in [1.29, 1.82) is 0 Å². The highest BCUT2D eigenvalue weighted by atomic mass is 19.1. The van der Waals surface area contributed by atoms with E-state index in [0.29, 0.717) is 0 Å². The molecule has 1 aromatic rings. The normalized spacial score (nSPS) is 14.2. The van der Waals surface area contributed by atoms with Crippen molar-refractivity contribution in [3.8, 4) is 0 Å². The Morgan fingerprint density at radius 3 is 2.45 bits per heavy atom. The van der Waals surface area contributed by atoms with Crippen LogP contribution in [0.15, 0.2) is 24.3 Å². The summed E-state index contributed by atoms with van der Waals surface area (Å²) in [6.45, 7) is 5.08. The highest BCUT2D eigenvalue weighted by Crippen LogP contribution is 2.21. The molecular weight excluding hydrogens is 253 g/mol. The molecule has 0 aliphatic heterocycles. The van der Waals surface area contributed by atoms with Crippen LogP contribution in [-0.4, -0.2) is 19.7 Å². The van der Waals surface area contributed by atoms with Gasteiger partial charge in [-0.15, -0.1) is 0 Å². The van der Waals surface area contributed by atoms with Gasteiger partial charge in [0.1, 0.15) is 5.82 Å². The number of halogens is 1. The zero-order valence-corrected chi connectivity index (χ0v) is 13.0. The molecule has 0 amide bonds. The van der Waals surface area contributed by atoms with Crippen molar-refractivity contribution in [1.82, 2.24) is 5.32 Å². The van der Waals surface area contributed by atoms with Gasteiger partial charge in [0, 0.05) is 6.54 Å². The van der Waals surface area contributed by atoms with E-state index in [1.165, 1.54) is 37.8 Å². The van der Waals surface area contributed by atoms with E-state index < -0.39 is 0 Å². The fourth-order valence-corrected chi connectivity index (χ4v) is 2.31. The van der Waals surface area contributed by atoms with E-state index in [4.69, 9.17) is 4.74 Å². The van der Waals surface area contributed by atoms with E-state index >= 15 is 0 Å². The van der Waals surface area contributed by atoms with Crippen LogP contribution in [-0.2, 0) is 4.74 Å². The topological polar surface area (TPSA) is 21.3 Å². The van der Waals surface area contributed by atoms with Crippen molar-refractivity contribution in [3.05, 3.63) is 35.6 Å². The Morgan fingerprint density at radius 1 is 1.15 bits per heavy atom. The maximum absolute atomic E-state index is 13.0. The fourth-order valence-electron chi connectivity index (χ4n) is 2.31. The van der Waals surface area contributed by atoms with Gasteiger partial charge in [-0.25, -0.2) is 4.39 Å². The van der Waals surface area contributed by atoms with E-state index in [1.54, 1.807) is 12.1 Å². The Morgan fingerprint density at radius 2 is 1.85 bits per heavy atom. The molecule has 20 heavy (non-hydrogen) atoms. The number of likely N-dealkylation sites (N-methyl/N-ethyl adjacent to an activating group) is 1. The third-order valence-electron chi connectivity index (χ3n) is 3.49. The summed E-state index contributed by atoms with van der Waals surface area (Å²) in [5.41, 5.74) is 1.03. The van der Waals surface area contributed by atoms with Gasteiger partial charge in [-0.3, -0.25) is 0 Å². The number of nitrogens with one attached hydrogen (secondary N) is 1. The average Bonchev–Trinajstić information content (AvgIpc) is 2.44. The molecule has 2 unspecified atom stereocenters. The second-order valence-electron chi connectivity index (χ2n) is 5.39. The van der Waals surface area contributed by atoms with Gasteiger partial charge in [0.15, 0.2) is 0 Å². The lowest BCUT2D eigenvalue weighted by Gasteiger charge is -2.23. The van der Waals surface area contributed by atoms with Crippen LogP contribution in [0.25, 0.3) is 0 Å². The summed E-state index contributed by atoms with van der Waals surface area (Å²) in [7, 11) is 1.91. The first-order valence-electron chi connectivity index (χ1n) is 7.72. The van der Waals surface area contributed by atoms with Gasteiger partial charge in [0.2, 0.25) is 0 Å². The van der Waals surface area contributed by atoms with Crippen LogP contribution in [0.5, 0.6) is 0 Å². The minimum atomic E-state index is -0.204. The molecule has 0 heterocycles. The molecule has 3 heteroatoms. The molecule has 0 aliphatic rings. The van der Waals surface area contributed by atoms with Gasteiger partial charge in [0.25, 0.3) is 0 Å². The SMILES string of the molecule is CCCCCCC(C)OC(CNC)c1ccc(F)cc1. The van der Waals surface area contributed by atoms with Crippen LogP contribution >= 0.6 is 0 Å². The molecule has 0 radical (unpaired) electrons. The molecule has 1 rings (SSSR count). The molecule has 0 fully saturated rings. The Bertz CT molecular complexity index is 353. The van der Waals surface area contributed by atoms with Crippen LogP contribution in [0, 0.1) is 5.82 Å². The first kappa shape index (κ1) is 17.1. The summed E-state index contributed by atoms with van der Waals surface area (Å²) in [4.78, 5) is 0. The number of hydrogen-bond acceptors (Lipinski definition) is 2. The molecule has 2 nitrogen and oxygen atoms in total. The van der Waals surface area contributed by atoms with E-state index in [9.17, 15) is 4.39 Å². The number of hydrogen-bond donors (Lipinski definition) is 1. The molecule has 0 saturated carbocycles. The third-order valence-corrected chi connectivity index (χ3v) is 3.49. The Balaban J connectivity index is 2.47. The van der Waals surface area contributed by atoms with E-state index in [0.717, 1.165) is 18.5 Å². The van der Waals surface area contributed by atoms with Crippen LogP contribution in [0.4, 0.5) is 4.39 Å². The van der Waals surface area contributed by atoms with E-state index in [1.807, 2.05) is 7.05 Å². The maximum Gasteiger partial charge on any atom is 0.123 e. The molecule has 0 spiro atoms. The van der Waals surface area contributed by atoms with Gasteiger partial charge in [0.05, 0.1) is 12.2 Å². The summed E-state index contributed by atoms with van der Waals surface area (Å²) in [6, 6.07) is 6.60. The summed E-state index contributed by atoms with van der Waals surface area (Å²) in [6.07, 6.45) is 6.35. The Hall–Kier alpha value is -0.930. The first-order chi connectivity index (χ1) is 9.67. The van der Waals surface area contributed by atoms with Crippen LogP contribution < -0.4 is 5.32 Å². The second-order valence-corrected chi connectivity index (χ2v) is 5.39. The number of rotatable bonds is 10. The zero-order valence-electron chi connectivity index (χ0n) is 13.0. The number of ether oxygens (including phenoxy) is 1. The van der Waals surface area contributed by atoms with Gasteiger partial charge in [-0.05, 0) is 38.1 Å². The van der Waals surface area contributed by atoms with Crippen LogP contribution in [0.2, 0.25) is 0 Å². The lowest BCUT2D eigenvalue weighted by Crippen LogP contribution is -2.23. The van der Waals surface area contributed by atoms with Crippen molar-refractivity contribution in [2.75, 3.05) is 13.6 Å². The summed E-state index contributed by atoms with van der Waals surface area (Å²) < 4.78 is 19.1. The Labute approximate surface area is 122 Å². The van der Waals surface area contributed by atoms with Gasteiger partial charge in [-0.1, -0.05) is 44.7 Å². The van der Waals surface area contributed by atoms with Crippen molar-refractivity contribution in [2.45, 2.75) is 58.2 Å². The van der Waals surface area contributed by atoms with Gasteiger partial charge in [-0.2, -0.15) is 0 Å². The second kappa shape index (κ2) is 9.89. The number of unbranched alkanes of at least 4 members (excludes halogenated alkanes) is 3. The molecule has 0 aromatic heterocycles. The minimum Gasteiger partial charge on any atom is -0.369 e. The molecule has 0 bridgehead atoms. The summed E-state index contributed by atoms with van der Waals surface area (Å²) >= 11 is 0. The number of benzene rings is 1. The van der Waals surface area contributed by atoms with Crippen molar-refractivity contribution in [3.63, 3.8) is 0 Å². The quantitative estimate of drug-likeness (QED) is 0.639. The molecule has 0 saturated heterocycles. The zero-order chi connectivity index (χ0) is 14.8. The lowest BCUT2D eigenvalue weighted by atomic mass is 10.1. The van der Waals surface area contributed by atoms with Crippen LogP contribution in [0.3, 0.4) is 0 Å². The molecular formula is C17H28FNO. The monoisotopic (exact) mass is 281 g/mol. The van der Waals surface area contributed by atoms with Crippen molar-refractivity contribution < 1.29 is 9.13 Å². The molecule has 1 N–H and O–H groups in total. The summed E-state index contributed by atoms with van der Waals surface area (Å²) in [5, 5.41) is 3.14. The third kappa shape index (κ3) is 6.49. The molecule has 2 atom stereocenters. The molecule has 1 aromatic carbocycles. The predicted octanol–water partition coefficient (Wildman–Crippen LogP) is 4.46. The largest absolute Gasteiger partial charge is 0.369 e. The summed E-state index contributed by atoms with van der Waals surface area (Å²) in [5.74, 6) is -0.204. The van der Waals surface area contributed by atoms with Crippen LogP contribution in [0.1, 0.15) is 57.6 Å².